The smallest absolute Gasteiger partial charge is 0.138 e. The molecule has 0 spiro atoms. The fourth-order valence-corrected chi connectivity index (χ4v) is 2.00. The molecule has 3 nitrogen and oxygen atoms in total. The van der Waals surface area contributed by atoms with Crippen LogP contribution in [0.5, 0.6) is 5.75 Å². The van der Waals surface area contributed by atoms with Gasteiger partial charge in [-0.2, -0.15) is 5.26 Å². The zero-order chi connectivity index (χ0) is 13.7. The van der Waals surface area contributed by atoms with Gasteiger partial charge in [-0.15, -0.1) is 0 Å². The van der Waals surface area contributed by atoms with E-state index in [4.69, 9.17) is 4.74 Å². The Hall–Kier alpha value is -2.05. The highest BCUT2D eigenvalue weighted by atomic mass is 16.5. The van der Waals surface area contributed by atoms with Gasteiger partial charge in [0.05, 0.1) is 6.07 Å². The Morgan fingerprint density at radius 3 is 2.63 bits per heavy atom. The van der Waals surface area contributed by atoms with Crippen LogP contribution in [0.25, 0.3) is 10.8 Å². The first-order valence-corrected chi connectivity index (χ1v) is 6.45. The normalized spacial score (nSPS) is 13.7. The van der Waals surface area contributed by atoms with Crippen LogP contribution >= 0.6 is 0 Å². The predicted octanol–water partition coefficient (Wildman–Crippen LogP) is 3.11. The van der Waals surface area contributed by atoms with Gasteiger partial charge in [-0.25, -0.2) is 0 Å². The van der Waals surface area contributed by atoms with Crippen molar-refractivity contribution < 1.29 is 4.74 Å². The second kappa shape index (κ2) is 5.73. The van der Waals surface area contributed by atoms with Crippen molar-refractivity contribution in [3.8, 4) is 11.8 Å². The average Bonchev–Trinajstić information content (AvgIpc) is 2.45. The topological polar surface area (TPSA) is 45.0 Å². The van der Waals surface area contributed by atoms with Crippen LogP contribution in [0.3, 0.4) is 0 Å². The number of hydrogen-bond donors (Lipinski definition) is 1. The van der Waals surface area contributed by atoms with Gasteiger partial charge in [0.1, 0.15) is 17.9 Å². The third kappa shape index (κ3) is 3.24. The van der Waals surface area contributed by atoms with Crippen LogP contribution in [0, 0.1) is 11.3 Å². The first-order chi connectivity index (χ1) is 9.17. The standard InChI is InChI=1S/C16H18N2O/c1-3-18-16(2,11-17)12-19-15-9-8-13-6-4-5-7-14(13)10-15/h4-10,18H,3,12H2,1-2H3. The molecule has 1 atom stereocenters. The fraction of sp³-hybridized carbons (Fsp3) is 0.312. The van der Waals surface area contributed by atoms with E-state index in [9.17, 15) is 5.26 Å². The molecule has 19 heavy (non-hydrogen) atoms. The Kier molecular flexibility index (Phi) is 4.03. The summed E-state index contributed by atoms with van der Waals surface area (Å²) >= 11 is 0. The maximum Gasteiger partial charge on any atom is 0.138 e. The molecule has 3 heteroatoms. The summed E-state index contributed by atoms with van der Waals surface area (Å²) in [6.45, 7) is 4.89. The molecular formula is C16H18N2O. The Morgan fingerprint density at radius 1 is 1.21 bits per heavy atom. The molecule has 0 aliphatic carbocycles. The van der Waals surface area contributed by atoms with Crippen LogP contribution in [0.4, 0.5) is 0 Å². The first kappa shape index (κ1) is 13.4. The summed E-state index contributed by atoms with van der Waals surface area (Å²) in [6, 6.07) is 16.4. The summed E-state index contributed by atoms with van der Waals surface area (Å²) in [5, 5.41) is 14.6. The molecule has 0 radical (unpaired) electrons. The largest absolute Gasteiger partial charge is 0.491 e. The van der Waals surface area contributed by atoms with Gasteiger partial charge in [0.25, 0.3) is 0 Å². The molecule has 0 aliphatic heterocycles. The predicted molar refractivity (Wildman–Crippen MR) is 77.1 cm³/mol. The summed E-state index contributed by atoms with van der Waals surface area (Å²) in [4.78, 5) is 0. The molecule has 0 bridgehead atoms. The highest BCUT2D eigenvalue weighted by molar-refractivity contribution is 5.83. The summed E-state index contributed by atoms with van der Waals surface area (Å²) in [6.07, 6.45) is 0. The van der Waals surface area contributed by atoms with Crippen LogP contribution < -0.4 is 10.1 Å². The van der Waals surface area contributed by atoms with Gasteiger partial charge in [0, 0.05) is 0 Å². The number of nitrogens with one attached hydrogen (secondary N) is 1. The van der Waals surface area contributed by atoms with Crippen LogP contribution in [-0.2, 0) is 0 Å². The molecule has 0 heterocycles. The van der Waals surface area contributed by atoms with Crippen molar-refractivity contribution in [3.63, 3.8) is 0 Å². The molecule has 98 valence electrons. The second-order valence-corrected chi connectivity index (χ2v) is 4.77. The summed E-state index contributed by atoms with van der Waals surface area (Å²) in [5.41, 5.74) is -0.652. The van der Waals surface area contributed by atoms with E-state index in [1.165, 1.54) is 5.39 Å². The average molecular weight is 254 g/mol. The number of fused-ring (bicyclic) bond motifs is 1. The number of hydrogen-bond acceptors (Lipinski definition) is 3. The lowest BCUT2D eigenvalue weighted by atomic mass is 10.1. The van der Waals surface area contributed by atoms with E-state index in [2.05, 4.69) is 23.5 Å². The van der Waals surface area contributed by atoms with Gasteiger partial charge in [-0.1, -0.05) is 37.3 Å². The summed E-state index contributed by atoms with van der Waals surface area (Å²) in [7, 11) is 0. The lowest BCUT2D eigenvalue weighted by molar-refractivity contribution is 0.236. The van der Waals surface area contributed by atoms with Gasteiger partial charge >= 0.3 is 0 Å². The number of benzene rings is 2. The molecule has 2 rings (SSSR count). The van der Waals surface area contributed by atoms with Crippen molar-refractivity contribution in [3.05, 3.63) is 42.5 Å². The molecule has 0 saturated carbocycles. The zero-order valence-electron chi connectivity index (χ0n) is 11.3. The quantitative estimate of drug-likeness (QED) is 0.891. The van der Waals surface area contributed by atoms with Crippen molar-refractivity contribution in [2.24, 2.45) is 0 Å². The minimum Gasteiger partial charge on any atom is -0.491 e. The molecule has 2 aromatic rings. The SMILES string of the molecule is CCNC(C)(C#N)COc1ccc2ccccc2c1. The Morgan fingerprint density at radius 2 is 1.95 bits per heavy atom. The van der Waals surface area contributed by atoms with Crippen LogP contribution in [0.15, 0.2) is 42.5 Å². The van der Waals surface area contributed by atoms with Crippen molar-refractivity contribution in [1.29, 1.82) is 5.26 Å². The van der Waals surface area contributed by atoms with Crippen LogP contribution in [0.1, 0.15) is 13.8 Å². The van der Waals surface area contributed by atoms with E-state index >= 15 is 0 Å². The Balaban J connectivity index is 2.11. The Bertz CT molecular complexity index is 603. The van der Waals surface area contributed by atoms with Crippen molar-refractivity contribution >= 4 is 10.8 Å². The molecule has 1 N–H and O–H groups in total. The minimum atomic E-state index is -0.652. The zero-order valence-corrected chi connectivity index (χ0v) is 11.3. The third-order valence-corrected chi connectivity index (χ3v) is 3.06. The van der Waals surface area contributed by atoms with E-state index in [0.29, 0.717) is 6.61 Å². The first-order valence-electron chi connectivity index (χ1n) is 6.45. The minimum absolute atomic E-state index is 0.329. The summed E-state index contributed by atoms with van der Waals surface area (Å²) < 4.78 is 5.74. The van der Waals surface area contributed by atoms with E-state index < -0.39 is 5.54 Å². The van der Waals surface area contributed by atoms with E-state index in [1.807, 2.05) is 44.2 Å². The lowest BCUT2D eigenvalue weighted by Crippen LogP contribution is -2.46. The van der Waals surface area contributed by atoms with Crippen LogP contribution in [0.2, 0.25) is 0 Å². The van der Waals surface area contributed by atoms with Gasteiger partial charge < -0.3 is 4.74 Å². The maximum atomic E-state index is 9.17. The maximum absolute atomic E-state index is 9.17. The monoisotopic (exact) mass is 254 g/mol. The molecule has 0 saturated heterocycles. The number of rotatable bonds is 5. The number of ether oxygens (including phenoxy) is 1. The lowest BCUT2D eigenvalue weighted by Gasteiger charge is -2.22. The van der Waals surface area contributed by atoms with E-state index in [1.54, 1.807) is 0 Å². The molecule has 0 amide bonds. The third-order valence-electron chi connectivity index (χ3n) is 3.06. The van der Waals surface area contributed by atoms with E-state index in [0.717, 1.165) is 17.7 Å². The highest BCUT2D eigenvalue weighted by Crippen LogP contribution is 2.21. The number of nitriles is 1. The van der Waals surface area contributed by atoms with Crippen molar-refractivity contribution in [2.75, 3.05) is 13.2 Å². The highest BCUT2D eigenvalue weighted by Gasteiger charge is 2.23. The summed E-state index contributed by atoms with van der Waals surface area (Å²) in [5.74, 6) is 0.790. The van der Waals surface area contributed by atoms with Gasteiger partial charge in [0.15, 0.2) is 0 Å². The second-order valence-electron chi connectivity index (χ2n) is 4.77. The van der Waals surface area contributed by atoms with Gasteiger partial charge in [0.2, 0.25) is 0 Å². The Labute approximate surface area is 113 Å². The number of nitrogens with zero attached hydrogens (tertiary/aromatic N) is 1. The molecule has 0 aromatic heterocycles. The molecule has 1 unspecified atom stereocenters. The molecule has 0 aliphatic rings. The molecular weight excluding hydrogens is 236 g/mol. The molecule has 2 aromatic carbocycles. The van der Waals surface area contributed by atoms with Gasteiger partial charge in [-0.3, -0.25) is 5.32 Å². The van der Waals surface area contributed by atoms with Gasteiger partial charge in [-0.05, 0) is 36.4 Å². The molecule has 0 fully saturated rings. The van der Waals surface area contributed by atoms with Crippen molar-refractivity contribution in [2.45, 2.75) is 19.4 Å². The fourth-order valence-electron chi connectivity index (χ4n) is 2.00. The van der Waals surface area contributed by atoms with Crippen LogP contribution in [-0.4, -0.2) is 18.7 Å². The van der Waals surface area contributed by atoms with Crippen molar-refractivity contribution in [1.82, 2.24) is 5.32 Å². The van der Waals surface area contributed by atoms with E-state index in [-0.39, 0.29) is 0 Å². The number of likely N-dealkylation sites (N-methyl/N-ethyl adjacent to an activating group) is 1.